The van der Waals surface area contributed by atoms with Crippen LogP contribution >= 0.6 is 23.2 Å². The Labute approximate surface area is 207 Å². The lowest BCUT2D eigenvalue weighted by Gasteiger charge is -2.48. The molecule has 186 valence electrons. The van der Waals surface area contributed by atoms with E-state index >= 15 is 0 Å². The molecule has 1 amide bonds. The van der Waals surface area contributed by atoms with Crippen molar-refractivity contribution in [3.05, 3.63) is 33.8 Å². The van der Waals surface area contributed by atoms with Gasteiger partial charge in [-0.1, -0.05) is 29.3 Å². The first-order valence-electron chi connectivity index (χ1n) is 11.5. The molecule has 4 rings (SSSR count). The molecule has 10 heteroatoms. The van der Waals surface area contributed by atoms with Gasteiger partial charge >= 0.3 is 0 Å². The predicted octanol–water partition coefficient (Wildman–Crippen LogP) is 4.06. The Bertz CT molecular complexity index is 923. The van der Waals surface area contributed by atoms with Crippen LogP contribution in [0.25, 0.3) is 0 Å². The number of nitrogens with zero attached hydrogens (tertiary/aromatic N) is 2. The number of hydrogen-bond donors (Lipinski definition) is 1. The third-order valence-electron chi connectivity index (χ3n) is 6.95. The highest BCUT2D eigenvalue weighted by molar-refractivity contribution is 7.85. The Morgan fingerprint density at radius 3 is 2.45 bits per heavy atom. The molecule has 1 spiro atoms. The van der Waals surface area contributed by atoms with E-state index in [0.29, 0.717) is 28.8 Å². The van der Waals surface area contributed by atoms with Gasteiger partial charge in [0.25, 0.3) is 10.1 Å². The molecular formula is C23H34Cl2N2O5S. The van der Waals surface area contributed by atoms with Crippen LogP contribution in [0.1, 0.15) is 50.5 Å². The fraction of sp³-hybridized carbons (Fsp3) is 0.696. The summed E-state index contributed by atoms with van der Waals surface area (Å²) in [6.07, 6.45) is 9.08. The van der Waals surface area contributed by atoms with Crippen molar-refractivity contribution in [1.82, 2.24) is 9.80 Å². The summed E-state index contributed by atoms with van der Waals surface area (Å²) in [5, 5.41) is 1.03. The molecule has 2 heterocycles. The van der Waals surface area contributed by atoms with Crippen LogP contribution in [0.15, 0.2) is 18.2 Å². The Hall–Kier alpha value is -0.900. The SMILES string of the molecule is CN(C(=O)Cc1ccc(Cl)c(Cl)c1)C1CC[C@@]2(CCCO2)C[C@@H]1N1CCCC1.CS(=O)(=O)O. The summed E-state index contributed by atoms with van der Waals surface area (Å²) in [5.74, 6) is 0.149. The maximum Gasteiger partial charge on any atom is 0.261 e. The summed E-state index contributed by atoms with van der Waals surface area (Å²) >= 11 is 12.1. The Balaban J connectivity index is 0.000000555. The highest BCUT2D eigenvalue weighted by Crippen LogP contribution is 2.43. The fourth-order valence-electron chi connectivity index (χ4n) is 5.37. The van der Waals surface area contributed by atoms with Gasteiger partial charge in [-0.25, -0.2) is 0 Å². The zero-order chi connectivity index (χ0) is 24.2. The van der Waals surface area contributed by atoms with E-state index in [1.165, 1.54) is 25.7 Å². The van der Waals surface area contributed by atoms with Crippen LogP contribution in [0.5, 0.6) is 0 Å². The van der Waals surface area contributed by atoms with E-state index < -0.39 is 10.1 Å². The van der Waals surface area contributed by atoms with Crippen molar-refractivity contribution in [1.29, 1.82) is 0 Å². The Morgan fingerprint density at radius 1 is 1.21 bits per heavy atom. The summed E-state index contributed by atoms with van der Waals surface area (Å²) in [7, 11) is -1.69. The van der Waals surface area contributed by atoms with E-state index in [4.69, 9.17) is 32.5 Å². The molecule has 3 atom stereocenters. The molecule has 0 radical (unpaired) electrons. The van der Waals surface area contributed by atoms with E-state index in [0.717, 1.165) is 44.5 Å². The first kappa shape index (κ1) is 26.7. The predicted molar refractivity (Wildman–Crippen MR) is 131 cm³/mol. The Kier molecular flexibility index (Phi) is 9.08. The van der Waals surface area contributed by atoms with Gasteiger partial charge in [0, 0.05) is 25.7 Å². The smallest absolute Gasteiger partial charge is 0.261 e. The van der Waals surface area contributed by atoms with Crippen molar-refractivity contribution >= 4 is 39.2 Å². The molecule has 33 heavy (non-hydrogen) atoms. The summed E-state index contributed by atoms with van der Waals surface area (Å²) in [6, 6.07) is 6.11. The largest absolute Gasteiger partial charge is 0.375 e. The zero-order valence-corrected chi connectivity index (χ0v) is 21.6. The number of carbonyl (C=O) groups excluding carboxylic acids is 1. The third kappa shape index (κ3) is 7.54. The van der Waals surface area contributed by atoms with Crippen LogP contribution in [0.3, 0.4) is 0 Å². The van der Waals surface area contributed by atoms with Crippen molar-refractivity contribution in [2.45, 2.75) is 69.1 Å². The van der Waals surface area contributed by atoms with E-state index in [1.807, 2.05) is 18.0 Å². The van der Waals surface area contributed by atoms with Gasteiger partial charge in [-0.2, -0.15) is 8.42 Å². The number of halogens is 2. The molecule has 3 fully saturated rings. The summed E-state index contributed by atoms with van der Waals surface area (Å²) in [5.41, 5.74) is 0.965. The number of carbonyl (C=O) groups is 1. The molecule has 1 aromatic rings. The minimum atomic E-state index is -3.67. The van der Waals surface area contributed by atoms with Gasteiger partial charge in [-0.05, 0) is 75.7 Å². The maximum atomic E-state index is 13.1. The topological polar surface area (TPSA) is 87.2 Å². The second-order valence-corrected chi connectivity index (χ2v) is 11.7. The van der Waals surface area contributed by atoms with Gasteiger partial charge in [-0.3, -0.25) is 14.2 Å². The number of likely N-dealkylation sites (N-methyl/N-ethyl adjacent to an activating group) is 1. The fourth-order valence-corrected chi connectivity index (χ4v) is 5.69. The van der Waals surface area contributed by atoms with E-state index in [2.05, 4.69) is 4.90 Å². The average Bonchev–Trinajstić information content (AvgIpc) is 3.42. The number of hydrogen-bond acceptors (Lipinski definition) is 5. The second-order valence-electron chi connectivity index (χ2n) is 9.42. The molecular weight excluding hydrogens is 487 g/mol. The van der Waals surface area contributed by atoms with Crippen molar-refractivity contribution in [3.63, 3.8) is 0 Å². The van der Waals surface area contributed by atoms with Crippen molar-refractivity contribution < 1.29 is 22.5 Å². The van der Waals surface area contributed by atoms with E-state index in [9.17, 15) is 13.2 Å². The molecule has 1 unspecified atom stereocenters. The average molecular weight is 522 g/mol. The molecule has 1 aromatic carbocycles. The number of likely N-dealkylation sites (tertiary alicyclic amines) is 1. The summed E-state index contributed by atoms with van der Waals surface area (Å²) < 4.78 is 32.1. The molecule has 2 aliphatic heterocycles. The lowest BCUT2D eigenvalue weighted by atomic mass is 9.76. The Morgan fingerprint density at radius 2 is 1.88 bits per heavy atom. The molecule has 0 aromatic heterocycles. The third-order valence-corrected chi connectivity index (χ3v) is 7.68. The lowest BCUT2D eigenvalue weighted by molar-refractivity contribution is -0.136. The standard InChI is InChI=1S/C22H30Cl2N2O2.CH4O3S/c1-25(21(27)14-16-5-6-17(23)18(24)13-16)19-7-9-22(8-4-12-28-22)15-20(19)26-10-2-3-11-26;1-5(2,3)4/h5-6,13,19-20H,2-4,7-12,14-15H2,1H3;1H3,(H,2,3,4)/t19?,20-,22-;/m0./s1. The highest BCUT2D eigenvalue weighted by Gasteiger charge is 2.47. The zero-order valence-electron chi connectivity index (χ0n) is 19.3. The number of ether oxygens (including phenoxy) is 1. The van der Waals surface area contributed by atoms with Crippen molar-refractivity contribution in [2.24, 2.45) is 0 Å². The van der Waals surface area contributed by atoms with E-state index in [1.54, 1.807) is 12.1 Å². The van der Waals surface area contributed by atoms with Crippen LogP contribution in [-0.2, 0) is 26.1 Å². The number of amides is 1. The lowest BCUT2D eigenvalue weighted by Crippen LogP contribution is -2.58. The second kappa shape index (κ2) is 11.2. The van der Waals surface area contributed by atoms with Gasteiger partial charge in [-0.15, -0.1) is 0 Å². The molecule has 1 aliphatic carbocycles. The quantitative estimate of drug-likeness (QED) is 0.602. The van der Waals surface area contributed by atoms with Crippen LogP contribution in [0.2, 0.25) is 10.0 Å². The maximum absolute atomic E-state index is 13.1. The van der Waals surface area contributed by atoms with E-state index in [-0.39, 0.29) is 17.6 Å². The van der Waals surface area contributed by atoms with Crippen LogP contribution in [-0.4, -0.2) is 79.4 Å². The minimum absolute atomic E-state index is 0.0529. The molecule has 1 saturated carbocycles. The molecule has 3 aliphatic rings. The number of benzene rings is 1. The minimum Gasteiger partial charge on any atom is -0.375 e. The van der Waals surface area contributed by atoms with Crippen LogP contribution in [0, 0.1) is 0 Å². The first-order chi connectivity index (χ1) is 15.5. The molecule has 0 bridgehead atoms. The van der Waals surface area contributed by atoms with Crippen LogP contribution in [0.4, 0.5) is 0 Å². The van der Waals surface area contributed by atoms with Crippen molar-refractivity contribution in [2.75, 3.05) is 33.0 Å². The summed E-state index contributed by atoms with van der Waals surface area (Å²) in [4.78, 5) is 17.7. The monoisotopic (exact) mass is 520 g/mol. The normalized spacial score (nSPS) is 27.9. The van der Waals surface area contributed by atoms with Crippen molar-refractivity contribution in [3.8, 4) is 0 Å². The van der Waals surface area contributed by atoms with Crippen LogP contribution < -0.4 is 0 Å². The van der Waals surface area contributed by atoms with Gasteiger partial charge in [0.05, 0.1) is 28.3 Å². The van der Waals surface area contributed by atoms with Gasteiger partial charge in [0.2, 0.25) is 5.91 Å². The summed E-state index contributed by atoms with van der Waals surface area (Å²) in [6.45, 7) is 3.18. The number of rotatable bonds is 4. The highest BCUT2D eigenvalue weighted by atomic mass is 35.5. The van der Waals surface area contributed by atoms with Gasteiger partial charge in [0.1, 0.15) is 0 Å². The van der Waals surface area contributed by atoms with Gasteiger partial charge in [0.15, 0.2) is 0 Å². The molecule has 2 saturated heterocycles. The molecule has 7 nitrogen and oxygen atoms in total. The molecule has 1 N–H and O–H groups in total. The first-order valence-corrected chi connectivity index (χ1v) is 14.1. The van der Waals surface area contributed by atoms with Gasteiger partial charge < -0.3 is 9.64 Å².